The first-order valence-corrected chi connectivity index (χ1v) is 9.69. The van der Waals surface area contributed by atoms with Crippen molar-refractivity contribution >= 4 is 16.9 Å². The minimum atomic E-state index is -0.122. The first-order chi connectivity index (χ1) is 13.7. The maximum Gasteiger partial charge on any atom is 0.243 e. The number of morpholine rings is 1. The molecule has 5 nitrogen and oxygen atoms in total. The summed E-state index contributed by atoms with van der Waals surface area (Å²) in [6.07, 6.45) is 1.85. The highest BCUT2D eigenvalue weighted by Gasteiger charge is 2.23. The highest BCUT2D eigenvalue weighted by Crippen LogP contribution is 2.32. The van der Waals surface area contributed by atoms with Crippen LogP contribution in [-0.2, 0) is 17.6 Å². The van der Waals surface area contributed by atoms with E-state index in [1.165, 1.54) is 18.2 Å². The van der Waals surface area contributed by atoms with Gasteiger partial charge in [-0.15, -0.1) is 0 Å². The third-order valence-electron chi connectivity index (χ3n) is 5.39. The molecule has 0 radical (unpaired) electrons. The van der Waals surface area contributed by atoms with E-state index in [1.807, 2.05) is 30.0 Å². The number of methoxy groups -OCH3 is 1. The Morgan fingerprint density at radius 2 is 1.79 bits per heavy atom. The van der Waals surface area contributed by atoms with Gasteiger partial charge in [-0.05, 0) is 42.5 Å². The zero-order chi connectivity index (χ0) is 19.5. The molecule has 2 aromatic carbocycles. The van der Waals surface area contributed by atoms with Crippen molar-refractivity contribution in [3.8, 4) is 5.75 Å². The third kappa shape index (κ3) is 3.50. The van der Waals surface area contributed by atoms with Gasteiger partial charge in [0.25, 0.3) is 0 Å². The molecule has 1 fully saturated rings. The van der Waals surface area contributed by atoms with Crippen LogP contribution in [0.3, 0.4) is 0 Å². The Hall–Kier alpha value is -2.79. The maximum atomic E-state index is 13.0. The van der Waals surface area contributed by atoms with Gasteiger partial charge in [0.2, 0.25) is 17.1 Å². The van der Waals surface area contributed by atoms with E-state index in [0.29, 0.717) is 43.2 Å². The molecule has 4 rings (SSSR count). The number of hydrogen-bond donors (Lipinski definition) is 0. The molecule has 0 atom stereocenters. The SMILES string of the molecule is COc1c(N2CCOCC2)oc2c(C)c(CCc3ccccc3)ccc2c1=O. The second kappa shape index (κ2) is 8.07. The summed E-state index contributed by atoms with van der Waals surface area (Å²) < 4.78 is 17.1. The monoisotopic (exact) mass is 379 g/mol. The highest BCUT2D eigenvalue weighted by molar-refractivity contribution is 5.84. The van der Waals surface area contributed by atoms with Crippen LogP contribution in [0, 0.1) is 6.92 Å². The van der Waals surface area contributed by atoms with Gasteiger partial charge in [-0.3, -0.25) is 4.79 Å². The number of nitrogens with zero attached hydrogens (tertiary/aromatic N) is 1. The standard InChI is InChI=1S/C23H25NO4/c1-16-18(9-8-17-6-4-3-5-7-17)10-11-19-20(25)22(26-2)23(28-21(16)19)24-12-14-27-15-13-24/h3-7,10-11H,8-9,12-15H2,1-2H3. The fourth-order valence-corrected chi connectivity index (χ4v) is 3.75. The summed E-state index contributed by atoms with van der Waals surface area (Å²) in [6, 6.07) is 14.3. The molecule has 0 bridgehead atoms. The van der Waals surface area contributed by atoms with Crippen LogP contribution in [0.2, 0.25) is 0 Å². The van der Waals surface area contributed by atoms with Crippen LogP contribution in [0.5, 0.6) is 5.75 Å². The van der Waals surface area contributed by atoms with E-state index in [4.69, 9.17) is 13.9 Å². The van der Waals surface area contributed by atoms with Gasteiger partial charge in [0.05, 0.1) is 25.7 Å². The van der Waals surface area contributed by atoms with Crippen molar-refractivity contribution in [3.63, 3.8) is 0 Å². The maximum absolute atomic E-state index is 13.0. The predicted molar refractivity (Wildman–Crippen MR) is 111 cm³/mol. The van der Waals surface area contributed by atoms with E-state index >= 15 is 0 Å². The molecule has 2 heterocycles. The molecule has 5 heteroatoms. The van der Waals surface area contributed by atoms with Gasteiger partial charge >= 0.3 is 0 Å². The minimum absolute atomic E-state index is 0.122. The third-order valence-corrected chi connectivity index (χ3v) is 5.39. The summed E-state index contributed by atoms with van der Waals surface area (Å²) >= 11 is 0. The zero-order valence-corrected chi connectivity index (χ0v) is 16.4. The number of anilines is 1. The Labute approximate surface area is 164 Å². The molecule has 0 aliphatic carbocycles. The van der Waals surface area contributed by atoms with Crippen LogP contribution >= 0.6 is 0 Å². The number of hydrogen-bond acceptors (Lipinski definition) is 5. The number of rotatable bonds is 5. The molecule has 146 valence electrons. The minimum Gasteiger partial charge on any atom is -0.488 e. The lowest BCUT2D eigenvalue weighted by Crippen LogP contribution is -2.37. The van der Waals surface area contributed by atoms with Crippen LogP contribution in [0.15, 0.2) is 51.7 Å². The second-order valence-corrected chi connectivity index (χ2v) is 7.08. The summed E-state index contributed by atoms with van der Waals surface area (Å²) in [5.41, 5.74) is 4.04. The van der Waals surface area contributed by atoms with Gasteiger partial charge in [-0.1, -0.05) is 36.4 Å². The Morgan fingerprint density at radius 1 is 1.04 bits per heavy atom. The zero-order valence-electron chi connectivity index (χ0n) is 16.4. The first kappa shape index (κ1) is 18.6. The molecule has 0 spiro atoms. The van der Waals surface area contributed by atoms with Gasteiger partial charge in [0, 0.05) is 13.1 Å². The largest absolute Gasteiger partial charge is 0.488 e. The Morgan fingerprint density at radius 3 is 2.50 bits per heavy atom. The van der Waals surface area contributed by atoms with Gasteiger partial charge < -0.3 is 18.8 Å². The lowest BCUT2D eigenvalue weighted by Gasteiger charge is -2.28. The van der Waals surface area contributed by atoms with Crippen molar-refractivity contribution < 1.29 is 13.9 Å². The topological polar surface area (TPSA) is 51.9 Å². The smallest absolute Gasteiger partial charge is 0.243 e. The fourth-order valence-electron chi connectivity index (χ4n) is 3.75. The summed E-state index contributed by atoms with van der Waals surface area (Å²) in [6.45, 7) is 4.61. The van der Waals surface area contributed by atoms with Crippen LogP contribution in [-0.4, -0.2) is 33.4 Å². The van der Waals surface area contributed by atoms with Gasteiger partial charge in [-0.25, -0.2) is 0 Å². The number of ether oxygens (including phenoxy) is 2. The van der Waals surface area contributed by atoms with Crippen molar-refractivity contribution in [2.75, 3.05) is 38.3 Å². The summed E-state index contributed by atoms with van der Waals surface area (Å²) in [7, 11) is 1.52. The summed E-state index contributed by atoms with van der Waals surface area (Å²) in [5, 5.41) is 0.565. The van der Waals surface area contributed by atoms with E-state index in [2.05, 4.69) is 24.3 Å². The van der Waals surface area contributed by atoms with Crippen molar-refractivity contribution in [2.24, 2.45) is 0 Å². The predicted octanol–water partition coefficient (Wildman–Crippen LogP) is 3.73. The van der Waals surface area contributed by atoms with Gasteiger partial charge in [0.1, 0.15) is 5.58 Å². The van der Waals surface area contributed by atoms with E-state index < -0.39 is 0 Å². The normalized spacial score (nSPS) is 14.4. The molecule has 0 saturated carbocycles. The molecular formula is C23H25NO4. The second-order valence-electron chi connectivity index (χ2n) is 7.08. The average molecular weight is 379 g/mol. The molecule has 1 saturated heterocycles. The molecule has 1 aliphatic rings. The average Bonchev–Trinajstić information content (AvgIpc) is 2.75. The van der Waals surface area contributed by atoms with E-state index in [-0.39, 0.29) is 11.2 Å². The molecule has 28 heavy (non-hydrogen) atoms. The van der Waals surface area contributed by atoms with Crippen molar-refractivity contribution in [1.29, 1.82) is 0 Å². The van der Waals surface area contributed by atoms with Crippen LogP contribution in [0.4, 0.5) is 5.88 Å². The number of fused-ring (bicyclic) bond motifs is 1. The van der Waals surface area contributed by atoms with E-state index in [9.17, 15) is 4.79 Å². The number of benzene rings is 2. The molecule has 1 aliphatic heterocycles. The molecule has 3 aromatic rings. The molecular weight excluding hydrogens is 354 g/mol. The molecule has 1 aromatic heterocycles. The van der Waals surface area contributed by atoms with E-state index in [1.54, 1.807) is 0 Å². The van der Waals surface area contributed by atoms with Gasteiger partial charge in [-0.2, -0.15) is 0 Å². The van der Waals surface area contributed by atoms with Crippen molar-refractivity contribution in [1.82, 2.24) is 0 Å². The first-order valence-electron chi connectivity index (χ1n) is 9.69. The lowest BCUT2D eigenvalue weighted by atomic mass is 9.98. The number of aryl methyl sites for hydroxylation is 3. The van der Waals surface area contributed by atoms with Crippen molar-refractivity contribution in [3.05, 3.63) is 69.4 Å². The van der Waals surface area contributed by atoms with Gasteiger partial charge in [0.15, 0.2) is 0 Å². The Kier molecular flexibility index (Phi) is 5.35. The van der Waals surface area contributed by atoms with E-state index in [0.717, 1.165) is 18.4 Å². The Balaban J connectivity index is 1.74. The Bertz CT molecular complexity index is 1020. The lowest BCUT2D eigenvalue weighted by molar-refractivity contribution is 0.120. The van der Waals surface area contributed by atoms with Crippen LogP contribution in [0.25, 0.3) is 11.0 Å². The van der Waals surface area contributed by atoms with Crippen LogP contribution < -0.4 is 15.1 Å². The fraction of sp³-hybridized carbons (Fsp3) is 0.348. The molecule has 0 amide bonds. The quantitative estimate of drug-likeness (QED) is 0.676. The molecule has 0 unspecified atom stereocenters. The highest BCUT2D eigenvalue weighted by atomic mass is 16.5. The summed E-state index contributed by atoms with van der Waals surface area (Å²) in [4.78, 5) is 15.0. The van der Waals surface area contributed by atoms with Crippen LogP contribution in [0.1, 0.15) is 16.7 Å². The van der Waals surface area contributed by atoms with Crippen molar-refractivity contribution in [2.45, 2.75) is 19.8 Å². The summed E-state index contributed by atoms with van der Waals surface area (Å²) in [5.74, 6) is 0.775. The molecule has 0 N–H and O–H groups in total.